The fourth-order valence-electron chi connectivity index (χ4n) is 1.32. The topological polar surface area (TPSA) is 29.5 Å². The van der Waals surface area contributed by atoms with Gasteiger partial charge in [0, 0.05) is 12.1 Å². The predicted molar refractivity (Wildman–Crippen MR) is 53.6 cm³/mol. The lowest BCUT2D eigenvalue weighted by molar-refractivity contribution is -0.145. The van der Waals surface area contributed by atoms with Gasteiger partial charge in [-0.25, -0.2) is 0 Å². The van der Waals surface area contributed by atoms with Gasteiger partial charge in [0.15, 0.2) is 0 Å². The Balaban J connectivity index is 4.02. The lowest BCUT2D eigenvalue weighted by Crippen LogP contribution is -2.41. The highest BCUT2D eigenvalue weighted by atomic mass is 16.5. The van der Waals surface area contributed by atoms with Crippen molar-refractivity contribution in [2.45, 2.75) is 46.7 Å². The van der Waals surface area contributed by atoms with E-state index in [1.165, 1.54) is 0 Å². The average molecular weight is 187 g/mol. The van der Waals surface area contributed by atoms with Crippen LogP contribution in [0.2, 0.25) is 0 Å². The summed E-state index contributed by atoms with van der Waals surface area (Å²) in [6.45, 7) is 11.0. The van der Waals surface area contributed by atoms with Gasteiger partial charge in [-0.05, 0) is 34.6 Å². The summed E-state index contributed by atoms with van der Waals surface area (Å²) in [7, 11) is 0. The molecule has 0 spiro atoms. The van der Waals surface area contributed by atoms with Crippen molar-refractivity contribution in [3.63, 3.8) is 0 Å². The molecule has 78 valence electrons. The lowest BCUT2D eigenvalue weighted by Gasteiger charge is -2.29. The molecular formula is C10H21NO2. The number of ether oxygens (including phenoxy) is 1. The minimum Gasteiger partial charge on any atom is -0.465 e. The van der Waals surface area contributed by atoms with Crippen molar-refractivity contribution in [1.82, 2.24) is 4.90 Å². The Bertz CT molecular complexity index is 147. The molecule has 0 aliphatic carbocycles. The third kappa shape index (κ3) is 4.88. The molecular weight excluding hydrogens is 166 g/mol. The molecule has 0 aromatic rings. The summed E-state index contributed by atoms with van der Waals surface area (Å²) in [5.41, 5.74) is 0. The minimum atomic E-state index is -0.134. The number of carbonyl (C=O) groups excluding carboxylic acids is 1. The van der Waals surface area contributed by atoms with Crippen LogP contribution in [-0.2, 0) is 9.53 Å². The highest BCUT2D eigenvalue weighted by Crippen LogP contribution is 2.04. The van der Waals surface area contributed by atoms with Gasteiger partial charge in [0.05, 0.1) is 13.2 Å². The van der Waals surface area contributed by atoms with E-state index >= 15 is 0 Å². The fourth-order valence-corrected chi connectivity index (χ4v) is 1.32. The van der Waals surface area contributed by atoms with Gasteiger partial charge in [0.25, 0.3) is 0 Å². The number of hydrogen-bond donors (Lipinski definition) is 0. The molecule has 0 aliphatic rings. The second kappa shape index (κ2) is 5.97. The van der Waals surface area contributed by atoms with E-state index in [1.807, 2.05) is 6.92 Å². The Kier molecular flexibility index (Phi) is 5.71. The second-order valence-electron chi connectivity index (χ2n) is 3.66. The van der Waals surface area contributed by atoms with Crippen LogP contribution in [0.15, 0.2) is 0 Å². The summed E-state index contributed by atoms with van der Waals surface area (Å²) in [4.78, 5) is 13.3. The van der Waals surface area contributed by atoms with Gasteiger partial charge in [-0.3, -0.25) is 9.69 Å². The normalized spacial score (nSPS) is 11.4. The standard InChI is InChI=1S/C10H21NO2/c1-6-13-10(12)7-11(8(2)3)9(4)5/h8-9H,6-7H2,1-5H3. The van der Waals surface area contributed by atoms with E-state index in [1.54, 1.807) is 0 Å². The molecule has 0 saturated heterocycles. The molecule has 0 radical (unpaired) electrons. The van der Waals surface area contributed by atoms with Gasteiger partial charge in [0.2, 0.25) is 0 Å². The van der Waals surface area contributed by atoms with Crippen LogP contribution < -0.4 is 0 Å². The number of nitrogens with zero attached hydrogens (tertiary/aromatic N) is 1. The molecule has 0 atom stereocenters. The van der Waals surface area contributed by atoms with Crippen molar-refractivity contribution in [3.8, 4) is 0 Å². The Hall–Kier alpha value is -0.570. The van der Waals surface area contributed by atoms with Crippen LogP contribution in [0.4, 0.5) is 0 Å². The van der Waals surface area contributed by atoms with E-state index in [2.05, 4.69) is 32.6 Å². The third-order valence-corrected chi connectivity index (χ3v) is 1.94. The van der Waals surface area contributed by atoms with Crippen molar-refractivity contribution in [3.05, 3.63) is 0 Å². The van der Waals surface area contributed by atoms with Crippen molar-refractivity contribution in [2.24, 2.45) is 0 Å². The molecule has 0 heterocycles. The Morgan fingerprint density at radius 2 is 1.69 bits per heavy atom. The SMILES string of the molecule is CCOC(=O)CN(C(C)C)C(C)C. The molecule has 0 N–H and O–H groups in total. The molecule has 0 bridgehead atoms. The van der Waals surface area contributed by atoms with Gasteiger partial charge in [-0.15, -0.1) is 0 Å². The van der Waals surface area contributed by atoms with Gasteiger partial charge in [0.1, 0.15) is 0 Å². The Morgan fingerprint density at radius 3 is 2.00 bits per heavy atom. The van der Waals surface area contributed by atoms with Crippen LogP contribution in [0.5, 0.6) is 0 Å². The van der Waals surface area contributed by atoms with E-state index in [4.69, 9.17) is 4.74 Å². The number of rotatable bonds is 5. The van der Waals surface area contributed by atoms with Crippen molar-refractivity contribution in [1.29, 1.82) is 0 Å². The van der Waals surface area contributed by atoms with E-state index in [0.29, 0.717) is 25.2 Å². The van der Waals surface area contributed by atoms with Gasteiger partial charge < -0.3 is 4.74 Å². The average Bonchev–Trinajstić information content (AvgIpc) is 1.99. The molecule has 0 aromatic heterocycles. The summed E-state index contributed by atoms with van der Waals surface area (Å²) in [5.74, 6) is -0.134. The highest BCUT2D eigenvalue weighted by molar-refractivity contribution is 5.71. The quantitative estimate of drug-likeness (QED) is 0.613. The monoisotopic (exact) mass is 187 g/mol. The van der Waals surface area contributed by atoms with Gasteiger partial charge in [-0.2, -0.15) is 0 Å². The first kappa shape index (κ1) is 12.4. The van der Waals surface area contributed by atoms with Crippen LogP contribution in [0.1, 0.15) is 34.6 Å². The molecule has 0 unspecified atom stereocenters. The van der Waals surface area contributed by atoms with Crippen LogP contribution >= 0.6 is 0 Å². The Labute approximate surface area is 81.1 Å². The Morgan fingerprint density at radius 1 is 1.23 bits per heavy atom. The zero-order valence-electron chi connectivity index (χ0n) is 9.33. The summed E-state index contributed by atoms with van der Waals surface area (Å²) in [6, 6.07) is 0.758. The molecule has 0 rings (SSSR count). The van der Waals surface area contributed by atoms with E-state index < -0.39 is 0 Å². The first-order valence-corrected chi connectivity index (χ1v) is 4.90. The highest BCUT2D eigenvalue weighted by Gasteiger charge is 2.17. The summed E-state index contributed by atoms with van der Waals surface area (Å²) in [6.07, 6.45) is 0. The fraction of sp³-hybridized carbons (Fsp3) is 0.900. The number of hydrogen-bond acceptors (Lipinski definition) is 3. The molecule has 0 aromatic carbocycles. The van der Waals surface area contributed by atoms with Crippen LogP contribution in [0, 0.1) is 0 Å². The second-order valence-corrected chi connectivity index (χ2v) is 3.66. The maximum Gasteiger partial charge on any atom is 0.320 e. The van der Waals surface area contributed by atoms with Crippen molar-refractivity contribution in [2.75, 3.05) is 13.2 Å². The molecule has 3 heteroatoms. The largest absolute Gasteiger partial charge is 0.465 e. The summed E-state index contributed by atoms with van der Waals surface area (Å²) < 4.78 is 4.89. The molecule has 13 heavy (non-hydrogen) atoms. The zero-order valence-corrected chi connectivity index (χ0v) is 9.33. The van der Waals surface area contributed by atoms with E-state index in [9.17, 15) is 4.79 Å². The molecule has 0 aliphatic heterocycles. The minimum absolute atomic E-state index is 0.134. The number of carbonyl (C=O) groups is 1. The van der Waals surface area contributed by atoms with Crippen LogP contribution in [0.3, 0.4) is 0 Å². The molecule has 0 saturated carbocycles. The first-order valence-electron chi connectivity index (χ1n) is 4.90. The molecule has 0 amide bonds. The molecule has 0 fully saturated rings. The number of esters is 1. The zero-order chi connectivity index (χ0) is 10.4. The lowest BCUT2D eigenvalue weighted by atomic mass is 10.2. The predicted octanol–water partition coefficient (Wildman–Crippen LogP) is 1.67. The van der Waals surface area contributed by atoms with Gasteiger partial charge >= 0.3 is 5.97 Å². The maximum atomic E-state index is 11.2. The van der Waals surface area contributed by atoms with Crippen LogP contribution in [-0.4, -0.2) is 36.1 Å². The smallest absolute Gasteiger partial charge is 0.320 e. The maximum absolute atomic E-state index is 11.2. The van der Waals surface area contributed by atoms with E-state index in [-0.39, 0.29) is 5.97 Å². The van der Waals surface area contributed by atoms with Crippen molar-refractivity contribution >= 4 is 5.97 Å². The van der Waals surface area contributed by atoms with Crippen LogP contribution in [0.25, 0.3) is 0 Å². The first-order chi connectivity index (χ1) is 5.99. The van der Waals surface area contributed by atoms with E-state index in [0.717, 1.165) is 0 Å². The molecule has 3 nitrogen and oxygen atoms in total. The van der Waals surface area contributed by atoms with Gasteiger partial charge in [-0.1, -0.05) is 0 Å². The van der Waals surface area contributed by atoms with Crippen molar-refractivity contribution < 1.29 is 9.53 Å². The third-order valence-electron chi connectivity index (χ3n) is 1.94. The summed E-state index contributed by atoms with van der Waals surface area (Å²) >= 11 is 0. The summed E-state index contributed by atoms with van der Waals surface area (Å²) in [5, 5.41) is 0.